The lowest BCUT2D eigenvalue weighted by molar-refractivity contribution is -0.117. The fourth-order valence-electron chi connectivity index (χ4n) is 2.40. The van der Waals surface area contributed by atoms with Crippen molar-refractivity contribution >= 4 is 33.0 Å². The highest BCUT2D eigenvalue weighted by Crippen LogP contribution is 2.20. The van der Waals surface area contributed by atoms with Crippen LogP contribution in [0.15, 0.2) is 41.0 Å². The summed E-state index contributed by atoms with van der Waals surface area (Å²) >= 11 is 3.37. The number of amides is 1. The molecule has 0 atom stereocenters. The number of imidazole rings is 1. The molecule has 0 aliphatic heterocycles. The number of nitrogens with two attached hydrogens (primary N) is 1. The van der Waals surface area contributed by atoms with Gasteiger partial charge in [0.1, 0.15) is 21.7 Å². The predicted molar refractivity (Wildman–Crippen MR) is 90.2 cm³/mol. The van der Waals surface area contributed by atoms with Crippen LogP contribution in [0.3, 0.4) is 0 Å². The van der Waals surface area contributed by atoms with E-state index >= 15 is 0 Å². The summed E-state index contributed by atoms with van der Waals surface area (Å²) in [5, 5.41) is 0. The van der Waals surface area contributed by atoms with Gasteiger partial charge in [-0.05, 0) is 45.8 Å². The summed E-state index contributed by atoms with van der Waals surface area (Å²) in [6, 6.07) is 11.4. The van der Waals surface area contributed by atoms with Gasteiger partial charge < -0.3 is 15.0 Å². The van der Waals surface area contributed by atoms with Crippen LogP contribution in [-0.2, 0) is 17.8 Å². The summed E-state index contributed by atoms with van der Waals surface area (Å²) in [6.07, 6.45) is 0.0735. The SMILES string of the molecule is COc1ccc(Cn2c(CC(N)=O)nc3ccc(Br)nc32)cc1. The zero-order valence-electron chi connectivity index (χ0n) is 12.5. The Morgan fingerprint density at radius 2 is 1.96 bits per heavy atom. The normalized spacial score (nSPS) is 10.9. The average Bonchev–Trinajstić information content (AvgIpc) is 2.84. The number of halogens is 1. The number of carbonyl (C=O) groups excluding carboxylic acids is 1. The highest BCUT2D eigenvalue weighted by Gasteiger charge is 2.14. The minimum Gasteiger partial charge on any atom is -0.497 e. The first-order valence-electron chi connectivity index (χ1n) is 6.99. The fraction of sp³-hybridized carbons (Fsp3) is 0.188. The Hall–Kier alpha value is -2.41. The van der Waals surface area contributed by atoms with Crippen LogP contribution in [0.5, 0.6) is 5.75 Å². The molecule has 23 heavy (non-hydrogen) atoms. The van der Waals surface area contributed by atoms with Crippen LogP contribution < -0.4 is 10.5 Å². The number of primary amides is 1. The molecule has 1 aromatic carbocycles. The Labute approximate surface area is 141 Å². The highest BCUT2D eigenvalue weighted by molar-refractivity contribution is 9.10. The van der Waals surface area contributed by atoms with Crippen molar-refractivity contribution in [2.45, 2.75) is 13.0 Å². The third kappa shape index (κ3) is 3.34. The first-order chi connectivity index (χ1) is 11.1. The summed E-state index contributed by atoms with van der Waals surface area (Å²) in [6.45, 7) is 0.548. The Morgan fingerprint density at radius 3 is 2.61 bits per heavy atom. The molecule has 2 heterocycles. The first kappa shape index (κ1) is 15.5. The Bertz CT molecular complexity index is 858. The Kier molecular flexibility index (Phi) is 4.29. The molecule has 0 bridgehead atoms. The van der Waals surface area contributed by atoms with E-state index in [1.165, 1.54) is 0 Å². The molecule has 0 fully saturated rings. The van der Waals surface area contributed by atoms with Crippen molar-refractivity contribution in [3.8, 4) is 5.75 Å². The number of nitrogens with zero attached hydrogens (tertiary/aromatic N) is 3. The molecule has 2 N–H and O–H groups in total. The molecule has 6 nitrogen and oxygen atoms in total. The zero-order valence-corrected chi connectivity index (χ0v) is 14.1. The van der Waals surface area contributed by atoms with Gasteiger partial charge in [-0.2, -0.15) is 0 Å². The van der Waals surface area contributed by atoms with Gasteiger partial charge in [0.2, 0.25) is 5.91 Å². The Balaban J connectivity index is 2.05. The lowest BCUT2D eigenvalue weighted by Crippen LogP contribution is -2.17. The van der Waals surface area contributed by atoms with Crippen molar-refractivity contribution in [1.82, 2.24) is 14.5 Å². The van der Waals surface area contributed by atoms with E-state index in [4.69, 9.17) is 10.5 Å². The molecule has 3 rings (SSSR count). The number of fused-ring (bicyclic) bond motifs is 1. The molecule has 0 saturated carbocycles. The van der Waals surface area contributed by atoms with E-state index in [1.807, 2.05) is 41.0 Å². The van der Waals surface area contributed by atoms with E-state index in [0.717, 1.165) is 16.8 Å². The van der Waals surface area contributed by atoms with Crippen molar-refractivity contribution in [3.05, 3.63) is 52.4 Å². The monoisotopic (exact) mass is 374 g/mol. The number of hydrogen-bond donors (Lipinski definition) is 1. The molecular formula is C16H15BrN4O2. The number of carbonyl (C=O) groups is 1. The molecule has 0 unspecified atom stereocenters. The van der Waals surface area contributed by atoms with E-state index in [0.29, 0.717) is 22.6 Å². The van der Waals surface area contributed by atoms with Gasteiger partial charge in [0.25, 0.3) is 0 Å². The van der Waals surface area contributed by atoms with Gasteiger partial charge in [0, 0.05) is 0 Å². The molecule has 0 saturated heterocycles. The second kappa shape index (κ2) is 6.37. The van der Waals surface area contributed by atoms with Crippen LogP contribution in [0.1, 0.15) is 11.4 Å². The molecule has 7 heteroatoms. The molecule has 0 aliphatic rings. The number of methoxy groups -OCH3 is 1. The number of hydrogen-bond acceptors (Lipinski definition) is 4. The van der Waals surface area contributed by atoms with Gasteiger partial charge in [-0.1, -0.05) is 12.1 Å². The van der Waals surface area contributed by atoms with Crippen LogP contribution in [0.4, 0.5) is 0 Å². The van der Waals surface area contributed by atoms with E-state index in [1.54, 1.807) is 7.11 Å². The maximum absolute atomic E-state index is 11.3. The summed E-state index contributed by atoms with van der Waals surface area (Å²) in [7, 11) is 1.63. The summed E-state index contributed by atoms with van der Waals surface area (Å²) in [5.41, 5.74) is 7.84. The molecule has 0 aliphatic carbocycles. The van der Waals surface area contributed by atoms with Crippen molar-refractivity contribution in [1.29, 1.82) is 0 Å². The van der Waals surface area contributed by atoms with Gasteiger partial charge in [0.15, 0.2) is 5.65 Å². The van der Waals surface area contributed by atoms with Gasteiger partial charge >= 0.3 is 0 Å². The van der Waals surface area contributed by atoms with Crippen molar-refractivity contribution in [2.24, 2.45) is 5.73 Å². The molecule has 3 aromatic rings. The lowest BCUT2D eigenvalue weighted by Gasteiger charge is -2.09. The van der Waals surface area contributed by atoms with Crippen LogP contribution in [0.2, 0.25) is 0 Å². The highest BCUT2D eigenvalue weighted by atomic mass is 79.9. The van der Waals surface area contributed by atoms with Gasteiger partial charge in [-0.15, -0.1) is 0 Å². The second-order valence-corrected chi connectivity index (χ2v) is 5.89. The third-order valence-electron chi connectivity index (χ3n) is 3.47. The maximum atomic E-state index is 11.3. The van der Waals surface area contributed by atoms with Crippen molar-refractivity contribution in [3.63, 3.8) is 0 Å². The number of ether oxygens (including phenoxy) is 1. The quantitative estimate of drug-likeness (QED) is 0.694. The minimum atomic E-state index is -0.421. The van der Waals surface area contributed by atoms with E-state index < -0.39 is 5.91 Å². The summed E-state index contributed by atoms with van der Waals surface area (Å²) in [4.78, 5) is 20.3. The van der Waals surface area contributed by atoms with Gasteiger partial charge in [-0.3, -0.25) is 4.79 Å². The molecule has 118 valence electrons. The van der Waals surface area contributed by atoms with Crippen molar-refractivity contribution in [2.75, 3.05) is 7.11 Å². The number of rotatable bonds is 5. The van der Waals surface area contributed by atoms with Gasteiger partial charge in [0.05, 0.1) is 20.1 Å². The van der Waals surface area contributed by atoms with E-state index in [-0.39, 0.29) is 6.42 Å². The van der Waals surface area contributed by atoms with Gasteiger partial charge in [-0.25, -0.2) is 9.97 Å². The maximum Gasteiger partial charge on any atom is 0.225 e. The zero-order chi connectivity index (χ0) is 16.4. The third-order valence-corrected chi connectivity index (χ3v) is 3.91. The standard InChI is InChI=1S/C16H15BrN4O2/c1-23-11-4-2-10(3-5-11)9-21-15(8-14(18)22)19-12-6-7-13(17)20-16(12)21/h2-7H,8-9H2,1H3,(H2,18,22). The van der Waals surface area contributed by atoms with Crippen LogP contribution in [0, 0.1) is 0 Å². The first-order valence-corrected chi connectivity index (χ1v) is 7.79. The van der Waals surface area contributed by atoms with Crippen LogP contribution >= 0.6 is 15.9 Å². The molecular weight excluding hydrogens is 360 g/mol. The average molecular weight is 375 g/mol. The Morgan fingerprint density at radius 1 is 1.22 bits per heavy atom. The van der Waals surface area contributed by atoms with Crippen molar-refractivity contribution < 1.29 is 9.53 Å². The second-order valence-electron chi connectivity index (χ2n) is 5.08. The minimum absolute atomic E-state index is 0.0735. The summed E-state index contributed by atoms with van der Waals surface area (Å²) < 4.78 is 7.79. The lowest BCUT2D eigenvalue weighted by atomic mass is 10.2. The predicted octanol–water partition coefficient (Wildman–Crippen LogP) is 2.28. The number of pyridine rings is 1. The topological polar surface area (TPSA) is 83.0 Å². The van der Waals surface area contributed by atoms with E-state index in [2.05, 4.69) is 25.9 Å². The molecule has 0 radical (unpaired) electrons. The molecule has 0 spiro atoms. The number of aromatic nitrogens is 3. The summed E-state index contributed by atoms with van der Waals surface area (Å²) in [5.74, 6) is 0.978. The number of benzene rings is 1. The molecule has 2 aromatic heterocycles. The molecule has 1 amide bonds. The van der Waals surface area contributed by atoms with Crippen LogP contribution in [0.25, 0.3) is 11.2 Å². The largest absolute Gasteiger partial charge is 0.497 e. The van der Waals surface area contributed by atoms with Crippen LogP contribution in [-0.4, -0.2) is 27.6 Å². The van der Waals surface area contributed by atoms with E-state index in [9.17, 15) is 4.79 Å². The fourth-order valence-corrected chi connectivity index (χ4v) is 2.70. The smallest absolute Gasteiger partial charge is 0.225 e.